The molecule has 0 saturated heterocycles. The maximum absolute atomic E-state index is 0. The van der Waals surface area contributed by atoms with Gasteiger partial charge in [-0.05, 0) is 0 Å². The zero-order chi connectivity index (χ0) is 0. The fourth-order valence-electron chi connectivity index (χ4n) is 0. The Morgan fingerprint density at radius 3 is 0.429 bits per heavy atom. The van der Waals surface area contributed by atoms with Gasteiger partial charge in [-0.1, -0.05) is 0 Å². The largest absolute Gasteiger partial charge is 3.00 e. The van der Waals surface area contributed by atoms with Crippen molar-refractivity contribution in [2.45, 2.75) is 0 Å². The van der Waals surface area contributed by atoms with Crippen LogP contribution in [0.2, 0.25) is 0 Å². The third-order valence-corrected chi connectivity index (χ3v) is 0. The molecule has 0 aliphatic heterocycles. The second kappa shape index (κ2) is 77.2. The first-order valence-electron chi connectivity index (χ1n) is 0. The van der Waals surface area contributed by atoms with Gasteiger partial charge in [-0.3, -0.25) is 0 Å². The Morgan fingerprint density at radius 2 is 0.429 bits per heavy atom. The third kappa shape index (κ3) is 58.0. The zero-order valence-corrected chi connectivity index (χ0v) is 4.59. The van der Waals surface area contributed by atoms with E-state index < -0.39 is 0 Å². The zero-order valence-electron chi connectivity index (χ0n) is 2.04. The van der Waals surface area contributed by atoms with E-state index in [4.69, 9.17) is 0 Å². The van der Waals surface area contributed by atoms with E-state index in [9.17, 15) is 0 Å². The molecule has 0 aliphatic rings. The van der Waals surface area contributed by atoms with Gasteiger partial charge in [0.05, 0.1) is 0 Å². The van der Waals surface area contributed by atoms with Gasteiger partial charge in [-0.25, -0.2) is 0 Å². The van der Waals surface area contributed by atoms with Crippen LogP contribution in [0.1, 0.15) is 0 Å². The second-order valence-corrected chi connectivity index (χ2v) is 0. The molecule has 0 aliphatic carbocycles. The number of rotatable bonds is 0. The van der Waals surface area contributed by atoms with Crippen molar-refractivity contribution in [3.05, 3.63) is 0 Å². The van der Waals surface area contributed by atoms with Crippen LogP contribution in [0.5, 0.6) is 0 Å². The Labute approximate surface area is 96.1 Å². The van der Waals surface area contributed by atoms with Crippen molar-refractivity contribution in [3.63, 3.8) is 0 Å². The summed E-state index contributed by atoms with van der Waals surface area (Å²) < 4.78 is 0. The van der Waals surface area contributed by atoms with Crippen LogP contribution in [-0.4, -0.2) is 46.1 Å². The van der Waals surface area contributed by atoms with Crippen LogP contribution < -0.4 is 0 Å². The van der Waals surface area contributed by atoms with Crippen molar-refractivity contribution in [2.24, 2.45) is 0 Å². The van der Waals surface area contributed by atoms with Crippen molar-refractivity contribution >= 4 is 46.1 Å². The first kappa shape index (κ1) is 111. The van der Waals surface area contributed by atoms with Gasteiger partial charge in [0.2, 0.25) is 0 Å². The molecule has 3 nitrogen and oxygen atoms in total. The smallest absolute Gasteiger partial charge is 2.00 e. The summed E-state index contributed by atoms with van der Waals surface area (Å²) in [6, 6.07) is 0. The van der Waals surface area contributed by atoms with Crippen LogP contribution in [0.3, 0.4) is 0 Å². The van der Waals surface area contributed by atoms with Gasteiger partial charge < -0.3 is 16.4 Å². The maximum Gasteiger partial charge on any atom is 3.00 e. The summed E-state index contributed by atoms with van der Waals surface area (Å²) >= 11 is 0. The van der Waals surface area contributed by atoms with Crippen LogP contribution >= 0.6 is 0 Å². The SMILES string of the molecule is [Cr+3].[Cr+3].[MgH2].[MgH2].[O-2].[O-2].[O-2]. The summed E-state index contributed by atoms with van der Waals surface area (Å²) in [5.41, 5.74) is 0. The molecule has 7 heteroatoms. The number of hydrogen-bond donors (Lipinski definition) is 0. The Hall–Kier alpha value is 2.48. The normalized spacial score (nSPS) is 0. The van der Waals surface area contributed by atoms with E-state index in [1.807, 2.05) is 0 Å². The summed E-state index contributed by atoms with van der Waals surface area (Å²) in [5.74, 6) is 0. The van der Waals surface area contributed by atoms with Crippen LogP contribution in [0.4, 0.5) is 0 Å². The second-order valence-electron chi connectivity index (χ2n) is 0. The van der Waals surface area contributed by atoms with Gasteiger partial charge in [-0.15, -0.1) is 0 Å². The molecule has 0 rings (SSSR count). The Balaban J connectivity index is 0. The molecule has 0 spiro atoms. The monoisotopic (exact) mass is 204 g/mol. The van der Waals surface area contributed by atoms with Crippen molar-refractivity contribution in [1.82, 2.24) is 0 Å². The van der Waals surface area contributed by atoms with E-state index in [1.54, 1.807) is 0 Å². The van der Waals surface area contributed by atoms with E-state index in [1.165, 1.54) is 0 Å². The summed E-state index contributed by atoms with van der Waals surface area (Å²) in [4.78, 5) is 0. The van der Waals surface area contributed by atoms with Crippen LogP contribution in [-0.2, 0) is 51.2 Å². The van der Waals surface area contributed by atoms with Gasteiger partial charge >= 0.3 is 80.8 Å². The standard InChI is InChI=1S/2Cr.2Mg.3O.4H/q2*+3;;;3*-2;;;;. The molecular formula is H4Cr2Mg2O3. The molecule has 0 aromatic heterocycles. The van der Waals surface area contributed by atoms with Crippen LogP contribution in [0, 0.1) is 0 Å². The van der Waals surface area contributed by atoms with Gasteiger partial charge in [0, 0.05) is 0 Å². The molecular weight excluding hydrogens is 201 g/mol. The Bertz CT molecular complexity index is 10.9. The molecule has 0 bridgehead atoms. The fourth-order valence-corrected chi connectivity index (χ4v) is 0. The van der Waals surface area contributed by atoms with Crippen molar-refractivity contribution in [2.75, 3.05) is 0 Å². The molecule has 0 fully saturated rings. The van der Waals surface area contributed by atoms with Crippen molar-refractivity contribution in [1.29, 1.82) is 0 Å². The average Bonchev–Trinajstić information content (AvgIpc) is 0. The predicted molar refractivity (Wildman–Crippen MR) is 19.1 cm³/mol. The third-order valence-electron chi connectivity index (χ3n) is 0. The van der Waals surface area contributed by atoms with E-state index in [0.717, 1.165) is 0 Å². The molecule has 0 heterocycles. The minimum atomic E-state index is 0. The quantitative estimate of drug-likeness (QED) is 0.402. The summed E-state index contributed by atoms with van der Waals surface area (Å²) in [6.45, 7) is 0. The molecule has 0 saturated carbocycles. The van der Waals surface area contributed by atoms with Crippen molar-refractivity contribution < 1.29 is 51.2 Å². The Morgan fingerprint density at radius 1 is 0.429 bits per heavy atom. The average molecular weight is 205 g/mol. The molecule has 0 amide bonds. The molecule has 0 N–H and O–H groups in total. The maximum atomic E-state index is 0. The molecule has 2 radical (unpaired) electrons. The van der Waals surface area contributed by atoms with Crippen molar-refractivity contribution in [3.8, 4) is 0 Å². The van der Waals surface area contributed by atoms with Gasteiger partial charge in [0.25, 0.3) is 0 Å². The van der Waals surface area contributed by atoms with Crippen LogP contribution in [0.25, 0.3) is 0 Å². The van der Waals surface area contributed by atoms with E-state index in [2.05, 4.69) is 0 Å². The van der Waals surface area contributed by atoms with Gasteiger partial charge in [0.1, 0.15) is 0 Å². The molecule has 0 unspecified atom stereocenters. The summed E-state index contributed by atoms with van der Waals surface area (Å²) in [6.07, 6.45) is 0. The fraction of sp³-hybridized carbons (Fsp3) is 0. The van der Waals surface area contributed by atoms with E-state index in [-0.39, 0.29) is 97.3 Å². The molecule has 0 atom stereocenters. The number of hydrogen-bond acceptors (Lipinski definition) is 0. The summed E-state index contributed by atoms with van der Waals surface area (Å²) in [7, 11) is 0. The molecule has 38 valence electrons. The molecule has 0 aromatic carbocycles. The van der Waals surface area contributed by atoms with E-state index >= 15 is 0 Å². The van der Waals surface area contributed by atoms with E-state index in [0.29, 0.717) is 0 Å². The molecule has 0 aromatic rings. The first-order valence-corrected chi connectivity index (χ1v) is 0. The van der Waals surface area contributed by atoms with Gasteiger partial charge in [0.15, 0.2) is 0 Å². The topological polar surface area (TPSA) is 85.5 Å². The minimum Gasteiger partial charge on any atom is -2.00 e. The summed E-state index contributed by atoms with van der Waals surface area (Å²) in [5, 5.41) is 0. The van der Waals surface area contributed by atoms with Gasteiger partial charge in [-0.2, -0.15) is 0 Å². The first-order chi connectivity index (χ1) is 0. The molecule has 7 heavy (non-hydrogen) atoms. The Kier molecular flexibility index (Phi) is 1220. The minimum absolute atomic E-state index is 0. The van der Waals surface area contributed by atoms with Crippen LogP contribution in [0.15, 0.2) is 0 Å². The predicted octanol–water partition coefficient (Wildman–Crippen LogP) is -2.19.